The Kier molecular flexibility index (Phi) is 3.16. The summed E-state index contributed by atoms with van der Waals surface area (Å²) in [5, 5.41) is 8.87. The third-order valence-corrected chi connectivity index (χ3v) is 2.85. The van der Waals surface area contributed by atoms with Crippen molar-refractivity contribution in [3.8, 4) is 11.8 Å². The van der Waals surface area contributed by atoms with E-state index in [1.165, 1.54) is 18.2 Å². The number of carbonyl (C=O) groups excluding carboxylic acids is 1. The second-order valence-electron chi connectivity index (χ2n) is 3.63. The number of nitrogens with zero attached hydrogens (tertiary/aromatic N) is 3. The summed E-state index contributed by atoms with van der Waals surface area (Å²) in [5.74, 6) is 0.602. The molecule has 1 amide bonds. The minimum Gasteiger partial charge on any atom is -0.495 e. The first-order valence-corrected chi connectivity index (χ1v) is 5.48. The van der Waals surface area contributed by atoms with Crippen molar-refractivity contribution < 1.29 is 9.53 Å². The lowest BCUT2D eigenvalue weighted by atomic mass is 10.2. The Hall–Kier alpha value is -1.80. The number of ether oxygens (including phenoxy) is 1. The molecule has 17 heavy (non-hydrogen) atoms. The topological polar surface area (TPSA) is 66.2 Å². The molecule has 0 bridgehead atoms. The van der Waals surface area contributed by atoms with Crippen molar-refractivity contribution in [3.63, 3.8) is 0 Å². The van der Waals surface area contributed by atoms with E-state index in [0.29, 0.717) is 18.1 Å². The number of pyridine rings is 1. The zero-order valence-corrected chi connectivity index (χ0v) is 9.94. The Bertz CT molecular complexity index is 498. The first-order chi connectivity index (χ1) is 8.17. The van der Waals surface area contributed by atoms with Crippen LogP contribution in [0, 0.1) is 11.3 Å². The Morgan fingerprint density at radius 1 is 1.71 bits per heavy atom. The summed E-state index contributed by atoms with van der Waals surface area (Å²) in [6, 6.07) is 3.59. The standard InChI is InChI=1S/C11H10ClN3O2/c1-17-9-2-3-14-11(8(9)5-13)15-6-7(12)4-10(15)16/h2-3,7H,4,6H2,1H3. The SMILES string of the molecule is COc1ccnc(N2CC(Cl)CC2=O)c1C#N. The van der Waals surface area contributed by atoms with Crippen LogP contribution in [-0.2, 0) is 4.79 Å². The van der Waals surface area contributed by atoms with Gasteiger partial charge in [0.2, 0.25) is 5.91 Å². The molecule has 0 saturated carbocycles. The highest BCUT2D eigenvalue weighted by molar-refractivity contribution is 6.24. The van der Waals surface area contributed by atoms with E-state index in [0.717, 1.165) is 0 Å². The van der Waals surface area contributed by atoms with Crippen molar-refractivity contribution in [1.82, 2.24) is 4.98 Å². The first kappa shape index (κ1) is 11.7. The number of amides is 1. The second-order valence-corrected chi connectivity index (χ2v) is 4.25. The van der Waals surface area contributed by atoms with Gasteiger partial charge in [-0.1, -0.05) is 0 Å². The Balaban J connectivity index is 2.46. The Morgan fingerprint density at radius 3 is 3.00 bits per heavy atom. The molecule has 0 aliphatic carbocycles. The Labute approximate surface area is 104 Å². The van der Waals surface area contributed by atoms with Crippen molar-refractivity contribution in [2.24, 2.45) is 0 Å². The normalized spacial score (nSPS) is 19.2. The van der Waals surface area contributed by atoms with Gasteiger partial charge in [0.25, 0.3) is 0 Å². The minimum atomic E-state index is -0.234. The summed E-state index contributed by atoms with van der Waals surface area (Å²) < 4.78 is 5.07. The molecule has 5 nitrogen and oxygen atoms in total. The van der Waals surface area contributed by atoms with Gasteiger partial charge < -0.3 is 4.74 Å². The van der Waals surface area contributed by atoms with Crippen molar-refractivity contribution in [1.29, 1.82) is 5.26 Å². The minimum absolute atomic E-state index is 0.123. The predicted molar refractivity (Wildman–Crippen MR) is 62.1 cm³/mol. The fourth-order valence-electron chi connectivity index (χ4n) is 1.78. The number of rotatable bonds is 2. The van der Waals surface area contributed by atoms with Gasteiger partial charge in [0.1, 0.15) is 17.4 Å². The zero-order chi connectivity index (χ0) is 12.4. The Morgan fingerprint density at radius 2 is 2.47 bits per heavy atom. The van der Waals surface area contributed by atoms with Crippen LogP contribution in [0.3, 0.4) is 0 Å². The molecule has 88 valence electrons. The van der Waals surface area contributed by atoms with Crippen LogP contribution >= 0.6 is 11.6 Å². The molecule has 1 atom stereocenters. The molecule has 0 aromatic carbocycles. The molecular formula is C11H10ClN3O2. The summed E-state index contributed by atoms with van der Waals surface area (Å²) in [6.45, 7) is 0.370. The van der Waals surface area contributed by atoms with E-state index < -0.39 is 0 Å². The highest BCUT2D eigenvalue weighted by atomic mass is 35.5. The van der Waals surface area contributed by atoms with Crippen LogP contribution in [0.25, 0.3) is 0 Å². The van der Waals surface area contributed by atoms with Gasteiger partial charge in [-0.05, 0) is 6.07 Å². The molecule has 1 aliphatic rings. The number of alkyl halides is 1. The molecular weight excluding hydrogens is 242 g/mol. The number of hydrogen-bond donors (Lipinski definition) is 0. The summed E-state index contributed by atoms with van der Waals surface area (Å²) in [6.07, 6.45) is 1.77. The smallest absolute Gasteiger partial charge is 0.229 e. The van der Waals surface area contributed by atoms with E-state index in [4.69, 9.17) is 21.6 Å². The van der Waals surface area contributed by atoms with Crippen LogP contribution < -0.4 is 9.64 Å². The van der Waals surface area contributed by atoms with Gasteiger partial charge in [0.05, 0.1) is 12.5 Å². The molecule has 1 aliphatic heterocycles. The number of halogens is 1. The van der Waals surface area contributed by atoms with E-state index in [1.54, 1.807) is 6.07 Å². The zero-order valence-electron chi connectivity index (χ0n) is 9.18. The van der Waals surface area contributed by atoms with E-state index in [9.17, 15) is 4.79 Å². The van der Waals surface area contributed by atoms with Crippen LogP contribution in [0.1, 0.15) is 12.0 Å². The highest BCUT2D eigenvalue weighted by Crippen LogP contribution is 2.30. The van der Waals surface area contributed by atoms with Gasteiger partial charge in [0, 0.05) is 19.2 Å². The molecule has 2 rings (SSSR count). The fraction of sp³-hybridized carbons (Fsp3) is 0.364. The number of anilines is 1. The molecule has 1 fully saturated rings. The van der Waals surface area contributed by atoms with Crippen LogP contribution in [0.2, 0.25) is 0 Å². The third-order valence-electron chi connectivity index (χ3n) is 2.56. The molecule has 0 N–H and O–H groups in total. The van der Waals surface area contributed by atoms with Crippen molar-refractivity contribution >= 4 is 23.3 Å². The second kappa shape index (κ2) is 4.60. The highest BCUT2D eigenvalue weighted by Gasteiger charge is 2.32. The molecule has 0 radical (unpaired) electrons. The lowest BCUT2D eigenvalue weighted by Crippen LogP contribution is -2.26. The first-order valence-electron chi connectivity index (χ1n) is 5.05. The van der Waals surface area contributed by atoms with Crippen LogP contribution in [0.5, 0.6) is 5.75 Å². The van der Waals surface area contributed by atoms with Crippen LogP contribution in [0.15, 0.2) is 12.3 Å². The van der Waals surface area contributed by atoms with Crippen molar-refractivity contribution in [3.05, 3.63) is 17.8 Å². The van der Waals surface area contributed by atoms with E-state index in [2.05, 4.69) is 4.98 Å². The predicted octanol–water partition coefficient (Wildman–Crippen LogP) is 1.31. The molecule has 1 unspecified atom stereocenters. The number of carbonyl (C=O) groups is 1. The van der Waals surface area contributed by atoms with Crippen molar-refractivity contribution in [2.75, 3.05) is 18.6 Å². The van der Waals surface area contributed by atoms with Gasteiger partial charge >= 0.3 is 0 Å². The maximum atomic E-state index is 11.7. The number of aromatic nitrogens is 1. The van der Waals surface area contributed by atoms with E-state index in [-0.39, 0.29) is 23.3 Å². The molecule has 1 saturated heterocycles. The maximum Gasteiger partial charge on any atom is 0.229 e. The molecule has 6 heteroatoms. The molecule has 2 heterocycles. The summed E-state index contributed by atoms with van der Waals surface area (Å²) in [5.41, 5.74) is 0.258. The lowest BCUT2D eigenvalue weighted by Gasteiger charge is -2.16. The number of nitriles is 1. The third kappa shape index (κ3) is 2.04. The average molecular weight is 252 g/mol. The molecule has 1 aromatic heterocycles. The van der Waals surface area contributed by atoms with Crippen molar-refractivity contribution in [2.45, 2.75) is 11.8 Å². The number of methoxy groups -OCH3 is 1. The van der Waals surface area contributed by atoms with Gasteiger partial charge in [-0.3, -0.25) is 9.69 Å². The molecule has 0 spiro atoms. The van der Waals surface area contributed by atoms with Gasteiger partial charge in [-0.25, -0.2) is 4.98 Å². The summed E-state index contributed by atoms with van der Waals surface area (Å²) >= 11 is 5.92. The maximum absolute atomic E-state index is 11.7. The van der Waals surface area contributed by atoms with Crippen LogP contribution in [-0.4, -0.2) is 29.9 Å². The van der Waals surface area contributed by atoms with E-state index in [1.807, 2.05) is 6.07 Å². The van der Waals surface area contributed by atoms with Gasteiger partial charge in [-0.15, -0.1) is 11.6 Å². The summed E-state index contributed by atoms with van der Waals surface area (Å²) in [7, 11) is 1.47. The monoisotopic (exact) mass is 251 g/mol. The quantitative estimate of drug-likeness (QED) is 0.744. The number of hydrogen-bond acceptors (Lipinski definition) is 4. The fourth-order valence-corrected chi connectivity index (χ4v) is 2.05. The lowest BCUT2D eigenvalue weighted by molar-refractivity contribution is -0.117. The average Bonchev–Trinajstić information content (AvgIpc) is 2.67. The molecule has 1 aromatic rings. The largest absolute Gasteiger partial charge is 0.495 e. The van der Waals surface area contributed by atoms with Gasteiger partial charge in [0.15, 0.2) is 5.82 Å². The van der Waals surface area contributed by atoms with Gasteiger partial charge in [-0.2, -0.15) is 5.26 Å². The van der Waals surface area contributed by atoms with E-state index >= 15 is 0 Å². The van der Waals surface area contributed by atoms with Crippen LogP contribution in [0.4, 0.5) is 5.82 Å². The summed E-state index contributed by atoms with van der Waals surface area (Å²) in [4.78, 5) is 17.2.